The summed E-state index contributed by atoms with van der Waals surface area (Å²) in [5.74, 6) is 0.623. The molecule has 2 aliphatic heterocycles. The van der Waals surface area contributed by atoms with Crippen molar-refractivity contribution in [2.45, 2.75) is 57.0 Å². The summed E-state index contributed by atoms with van der Waals surface area (Å²) in [4.78, 5) is 5.16. The number of hydrogen-bond acceptors (Lipinski definition) is 5. The van der Waals surface area contributed by atoms with E-state index in [4.69, 9.17) is 14.2 Å². The van der Waals surface area contributed by atoms with Gasteiger partial charge in [-0.25, -0.2) is 0 Å². The van der Waals surface area contributed by atoms with Crippen LogP contribution in [0.5, 0.6) is 0 Å². The monoisotopic (exact) mass is 668 g/mol. The Hall–Kier alpha value is -3.00. The van der Waals surface area contributed by atoms with Gasteiger partial charge < -0.3 is 19.1 Å². The third-order valence-electron chi connectivity index (χ3n) is 9.22. The molecule has 2 heterocycles. The van der Waals surface area contributed by atoms with Gasteiger partial charge in [-0.15, -0.1) is 0 Å². The predicted molar refractivity (Wildman–Crippen MR) is 186 cm³/mol. The average molecular weight is 670 g/mol. The highest BCUT2D eigenvalue weighted by atomic mass is 79.9. The van der Waals surface area contributed by atoms with Gasteiger partial charge in [-0.3, -0.25) is 4.90 Å². The highest BCUT2D eigenvalue weighted by Crippen LogP contribution is 2.32. The Morgan fingerprint density at radius 1 is 0.578 bits per heavy atom. The number of alkyl halides is 1. The van der Waals surface area contributed by atoms with Crippen molar-refractivity contribution >= 4 is 21.6 Å². The van der Waals surface area contributed by atoms with Gasteiger partial charge in [0.1, 0.15) is 12.2 Å². The molecule has 0 N–H and O–H groups in total. The maximum absolute atomic E-state index is 6.87. The molecule has 4 aromatic rings. The number of ether oxygens (including phenoxy) is 3. The number of piperidine rings is 2. The SMILES string of the molecule is BrC[C@@H]1[C@@H](OCc2ccccc2)[C@H](OCc2ccccc2)[C@@H](OCc2ccccc2)CN1CC1CCN(c2ccccc2)CC1. The van der Waals surface area contributed by atoms with Crippen LogP contribution in [-0.2, 0) is 34.0 Å². The number of hydrogen-bond donors (Lipinski definition) is 0. The van der Waals surface area contributed by atoms with Crippen molar-refractivity contribution in [1.82, 2.24) is 4.90 Å². The molecule has 0 spiro atoms. The van der Waals surface area contributed by atoms with Crippen LogP contribution in [0.1, 0.15) is 29.5 Å². The molecule has 45 heavy (non-hydrogen) atoms. The molecular formula is C39H45BrN2O3. The Morgan fingerprint density at radius 2 is 1.04 bits per heavy atom. The standard InChI is InChI=1S/C39H45BrN2O3/c40-25-36-38(44-29-33-15-7-2-8-16-33)39(45-30-34-17-9-3-10-18-34)37(43-28-32-13-5-1-6-14-32)27-42(36)26-31-21-23-41(24-22-31)35-19-11-4-12-20-35/h1-20,31,36-39H,21-30H2/t36-,37+,38-,39-/m1/s1. The summed E-state index contributed by atoms with van der Waals surface area (Å²) in [6, 6.07) is 42.3. The number of halogens is 1. The van der Waals surface area contributed by atoms with Gasteiger partial charge in [-0.2, -0.15) is 0 Å². The van der Waals surface area contributed by atoms with Gasteiger partial charge in [0.05, 0.1) is 25.9 Å². The van der Waals surface area contributed by atoms with Crippen molar-refractivity contribution in [2.75, 3.05) is 36.4 Å². The molecule has 2 fully saturated rings. The summed E-state index contributed by atoms with van der Waals surface area (Å²) < 4.78 is 20.4. The Bertz CT molecular complexity index is 1390. The molecule has 5 nitrogen and oxygen atoms in total. The van der Waals surface area contributed by atoms with Crippen LogP contribution in [-0.4, -0.2) is 60.8 Å². The predicted octanol–water partition coefficient (Wildman–Crippen LogP) is 7.74. The Kier molecular flexibility index (Phi) is 11.7. The molecule has 2 saturated heterocycles. The van der Waals surface area contributed by atoms with Gasteiger partial charge in [-0.1, -0.05) is 125 Å². The molecule has 0 saturated carbocycles. The molecule has 0 aromatic heterocycles. The zero-order valence-corrected chi connectivity index (χ0v) is 27.6. The molecule has 4 aromatic carbocycles. The van der Waals surface area contributed by atoms with Crippen LogP contribution in [0.25, 0.3) is 0 Å². The van der Waals surface area contributed by atoms with Gasteiger partial charge in [0, 0.05) is 43.2 Å². The average Bonchev–Trinajstić information content (AvgIpc) is 3.11. The lowest BCUT2D eigenvalue weighted by atomic mass is 9.90. The zero-order valence-electron chi connectivity index (χ0n) is 26.0. The lowest BCUT2D eigenvalue weighted by Crippen LogP contribution is -2.64. The quantitative estimate of drug-likeness (QED) is 0.136. The molecule has 6 rings (SSSR count). The van der Waals surface area contributed by atoms with Crippen LogP contribution >= 0.6 is 15.9 Å². The minimum absolute atomic E-state index is 0.130. The lowest BCUT2D eigenvalue weighted by Gasteiger charge is -2.49. The van der Waals surface area contributed by atoms with Crippen LogP contribution in [0.3, 0.4) is 0 Å². The normalized spacial score (nSPS) is 22.8. The number of para-hydroxylation sites is 1. The van der Waals surface area contributed by atoms with Crippen LogP contribution < -0.4 is 4.90 Å². The van der Waals surface area contributed by atoms with E-state index in [1.54, 1.807) is 0 Å². The highest BCUT2D eigenvalue weighted by Gasteiger charge is 2.46. The highest BCUT2D eigenvalue weighted by molar-refractivity contribution is 9.09. The molecular weight excluding hydrogens is 624 g/mol. The maximum Gasteiger partial charge on any atom is 0.113 e. The molecule has 0 amide bonds. The first kappa shape index (κ1) is 32.0. The molecule has 236 valence electrons. The van der Waals surface area contributed by atoms with Crippen molar-refractivity contribution in [3.05, 3.63) is 138 Å². The molecule has 0 aliphatic carbocycles. The van der Waals surface area contributed by atoms with E-state index in [0.29, 0.717) is 25.7 Å². The third-order valence-corrected chi connectivity index (χ3v) is 9.88. The lowest BCUT2D eigenvalue weighted by molar-refractivity contribution is -0.201. The minimum atomic E-state index is -0.212. The second-order valence-electron chi connectivity index (χ2n) is 12.3. The largest absolute Gasteiger partial charge is 0.372 e. The minimum Gasteiger partial charge on any atom is -0.372 e. The van der Waals surface area contributed by atoms with Crippen LogP contribution in [0.15, 0.2) is 121 Å². The zero-order chi connectivity index (χ0) is 30.7. The fourth-order valence-corrected chi connectivity index (χ4v) is 7.49. The second-order valence-corrected chi connectivity index (χ2v) is 12.9. The van der Waals surface area contributed by atoms with E-state index in [1.807, 2.05) is 6.07 Å². The van der Waals surface area contributed by atoms with E-state index in [1.165, 1.54) is 29.7 Å². The van der Waals surface area contributed by atoms with Crippen LogP contribution in [0, 0.1) is 5.92 Å². The summed E-state index contributed by atoms with van der Waals surface area (Å²) >= 11 is 3.92. The number of likely N-dealkylation sites (tertiary alicyclic amines) is 1. The fourth-order valence-electron chi connectivity index (χ4n) is 6.71. The van der Waals surface area contributed by atoms with Gasteiger partial charge >= 0.3 is 0 Å². The van der Waals surface area contributed by atoms with Crippen molar-refractivity contribution in [1.29, 1.82) is 0 Å². The van der Waals surface area contributed by atoms with Crippen molar-refractivity contribution in [2.24, 2.45) is 5.92 Å². The first-order valence-corrected chi connectivity index (χ1v) is 17.5. The van der Waals surface area contributed by atoms with Crippen LogP contribution in [0.2, 0.25) is 0 Å². The number of anilines is 1. The van der Waals surface area contributed by atoms with Gasteiger partial charge in [-0.05, 0) is 47.6 Å². The summed E-state index contributed by atoms with van der Waals surface area (Å²) in [7, 11) is 0. The molecule has 0 radical (unpaired) electrons. The molecule has 2 aliphatic rings. The second kappa shape index (κ2) is 16.5. The summed E-state index contributed by atoms with van der Waals surface area (Å²) in [6.07, 6.45) is 1.86. The summed E-state index contributed by atoms with van der Waals surface area (Å²) in [6.45, 7) is 5.62. The van der Waals surface area contributed by atoms with E-state index in [9.17, 15) is 0 Å². The first-order valence-electron chi connectivity index (χ1n) is 16.3. The van der Waals surface area contributed by atoms with Crippen molar-refractivity contribution in [3.63, 3.8) is 0 Å². The van der Waals surface area contributed by atoms with Crippen molar-refractivity contribution in [3.8, 4) is 0 Å². The Morgan fingerprint density at radius 3 is 1.56 bits per heavy atom. The van der Waals surface area contributed by atoms with E-state index < -0.39 is 0 Å². The molecule has 4 atom stereocenters. The Balaban J connectivity index is 1.21. The fraction of sp³-hybridized carbons (Fsp3) is 0.385. The molecule has 0 unspecified atom stereocenters. The number of benzene rings is 4. The number of nitrogens with zero attached hydrogens (tertiary/aromatic N) is 2. The van der Waals surface area contributed by atoms with Gasteiger partial charge in [0.15, 0.2) is 0 Å². The number of rotatable bonds is 13. The van der Waals surface area contributed by atoms with Gasteiger partial charge in [0.25, 0.3) is 0 Å². The smallest absolute Gasteiger partial charge is 0.113 e. The molecule has 0 bridgehead atoms. The van der Waals surface area contributed by atoms with E-state index >= 15 is 0 Å². The summed E-state index contributed by atoms with van der Waals surface area (Å²) in [5, 5.41) is 0.811. The molecule has 6 heteroatoms. The Labute approximate surface area is 277 Å². The van der Waals surface area contributed by atoms with E-state index in [0.717, 1.165) is 37.1 Å². The van der Waals surface area contributed by atoms with E-state index in [-0.39, 0.29) is 24.4 Å². The van der Waals surface area contributed by atoms with Crippen molar-refractivity contribution < 1.29 is 14.2 Å². The maximum atomic E-state index is 6.87. The topological polar surface area (TPSA) is 34.2 Å². The third kappa shape index (κ3) is 8.84. The van der Waals surface area contributed by atoms with Crippen LogP contribution in [0.4, 0.5) is 5.69 Å². The van der Waals surface area contributed by atoms with E-state index in [2.05, 4.69) is 141 Å². The summed E-state index contributed by atoms with van der Waals surface area (Å²) in [5.41, 5.74) is 4.82. The van der Waals surface area contributed by atoms with Gasteiger partial charge in [0.2, 0.25) is 0 Å². The first-order chi connectivity index (χ1) is 22.3.